The van der Waals surface area contributed by atoms with Crippen molar-refractivity contribution in [2.75, 3.05) is 31.1 Å². The van der Waals surface area contributed by atoms with Gasteiger partial charge in [0.1, 0.15) is 5.82 Å². The van der Waals surface area contributed by atoms with Gasteiger partial charge in [-0.05, 0) is 26.0 Å². The standard InChI is InChI=1S/C19H24N6O/c1-14-12-23(13-15(2)26)10-11-24(14)18-9-8-17-20-21-19(25(17)22-18)16-6-4-3-5-7-16/h3-9,14-15,26H,10-13H2,1-2H3. The Hall–Kier alpha value is -2.51. The number of nitrogens with zero attached hydrogens (tertiary/aromatic N) is 6. The molecule has 0 amide bonds. The van der Waals surface area contributed by atoms with E-state index in [1.54, 1.807) is 0 Å². The van der Waals surface area contributed by atoms with E-state index < -0.39 is 0 Å². The summed E-state index contributed by atoms with van der Waals surface area (Å²) in [4.78, 5) is 4.62. The number of anilines is 1. The van der Waals surface area contributed by atoms with E-state index in [4.69, 9.17) is 5.10 Å². The van der Waals surface area contributed by atoms with Gasteiger partial charge >= 0.3 is 0 Å². The molecule has 7 nitrogen and oxygen atoms in total. The summed E-state index contributed by atoms with van der Waals surface area (Å²) in [7, 11) is 0. The molecular weight excluding hydrogens is 328 g/mol. The second-order valence-corrected chi connectivity index (χ2v) is 7.00. The number of aliphatic hydroxyl groups excluding tert-OH is 1. The summed E-state index contributed by atoms with van der Waals surface area (Å²) in [6.45, 7) is 7.47. The molecule has 1 aliphatic rings. The molecule has 0 aliphatic carbocycles. The molecular formula is C19H24N6O. The topological polar surface area (TPSA) is 69.8 Å². The first-order valence-electron chi connectivity index (χ1n) is 9.07. The van der Waals surface area contributed by atoms with Crippen molar-refractivity contribution in [2.45, 2.75) is 26.0 Å². The fourth-order valence-electron chi connectivity index (χ4n) is 3.61. The highest BCUT2D eigenvalue weighted by Gasteiger charge is 2.26. The number of aliphatic hydroxyl groups is 1. The van der Waals surface area contributed by atoms with Gasteiger partial charge in [-0.2, -0.15) is 4.52 Å². The van der Waals surface area contributed by atoms with Crippen molar-refractivity contribution in [1.82, 2.24) is 24.7 Å². The predicted octanol–water partition coefficient (Wildman–Crippen LogP) is 1.68. The first-order chi connectivity index (χ1) is 12.6. The van der Waals surface area contributed by atoms with Crippen molar-refractivity contribution in [1.29, 1.82) is 0 Å². The highest BCUT2D eigenvalue weighted by atomic mass is 16.3. The van der Waals surface area contributed by atoms with Gasteiger partial charge in [0.25, 0.3) is 0 Å². The second-order valence-electron chi connectivity index (χ2n) is 7.00. The molecule has 1 saturated heterocycles. The quantitative estimate of drug-likeness (QED) is 0.770. The summed E-state index contributed by atoms with van der Waals surface area (Å²) in [5.41, 5.74) is 1.74. The Balaban J connectivity index is 1.62. The number of piperazine rings is 1. The van der Waals surface area contributed by atoms with Crippen molar-refractivity contribution >= 4 is 11.5 Å². The predicted molar refractivity (Wildman–Crippen MR) is 101 cm³/mol. The number of β-amino-alcohol motifs (C(OH)–C–C–N with tert-alkyl or cyclic N) is 1. The molecule has 0 spiro atoms. The third-order valence-electron chi connectivity index (χ3n) is 4.81. The Morgan fingerprint density at radius 2 is 1.92 bits per heavy atom. The Kier molecular flexibility index (Phi) is 4.57. The number of fused-ring (bicyclic) bond motifs is 1. The lowest BCUT2D eigenvalue weighted by molar-refractivity contribution is 0.114. The number of benzene rings is 1. The first-order valence-corrected chi connectivity index (χ1v) is 9.07. The number of rotatable bonds is 4. The molecule has 0 radical (unpaired) electrons. The molecule has 7 heteroatoms. The van der Waals surface area contributed by atoms with Crippen molar-refractivity contribution in [2.24, 2.45) is 0 Å². The molecule has 1 N–H and O–H groups in total. The van der Waals surface area contributed by atoms with Gasteiger partial charge in [-0.25, -0.2) is 0 Å². The van der Waals surface area contributed by atoms with Crippen LogP contribution in [-0.4, -0.2) is 68.1 Å². The highest BCUT2D eigenvalue weighted by Crippen LogP contribution is 2.22. The summed E-state index contributed by atoms with van der Waals surface area (Å²) >= 11 is 0. The van der Waals surface area contributed by atoms with E-state index in [1.807, 2.05) is 53.9 Å². The third-order valence-corrected chi connectivity index (χ3v) is 4.81. The van der Waals surface area contributed by atoms with Gasteiger partial charge in [0.15, 0.2) is 11.5 Å². The van der Waals surface area contributed by atoms with Gasteiger partial charge in [0, 0.05) is 37.8 Å². The molecule has 3 heterocycles. The largest absolute Gasteiger partial charge is 0.392 e. The second kappa shape index (κ2) is 7.01. The lowest BCUT2D eigenvalue weighted by atomic mass is 10.1. The van der Waals surface area contributed by atoms with Crippen molar-refractivity contribution < 1.29 is 5.11 Å². The molecule has 4 rings (SSSR count). The molecule has 2 aromatic heterocycles. The minimum absolute atomic E-state index is 0.298. The highest BCUT2D eigenvalue weighted by molar-refractivity contribution is 5.59. The zero-order valence-corrected chi connectivity index (χ0v) is 15.2. The van der Waals surface area contributed by atoms with Crippen molar-refractivity contribution in [3.05, 3.63) is 42.5 Å². The molecule has 0 bridgehead atoms. The minimum atomic E-state index is -0.298. The van der Waals surface area contributed by atoms with Gasteiger partial charge in [-0.15, -0.1) is 15.3 Å². The van der Waals surface area contributed by atoms with Crippen LogP contribution in [0.5, 0.6) is 0 Å². The van der Waals surface area contributed by atoms with Gasteiger partial charge in [0.05, 0.1) is 6.10 Å². The van der Waals surface area contributed by atoms with Crippen molar-refractivity contribution in [3.8, 4) is 11.4 Å². The maximum absolute atomic E-state index is 9.62. The SMILES string of the molecule is CC(O)CN1CCN(c2ccc3nnc(-c4ccccc4)n3n2)C(C)C1. The Labute approximate surface area is 152 Å². The first kappa shape index (κ1) is 16.9. The maximum Gasteiger partial charge on any atom is 0.185 e. The zero-order chi connectivity index (χ0) is 18.1. The van der Waals surface area contributed by atoms with Crippen LogP contribution in [0.25, 0.3) is 17.0 Å². The van der Waals surface area contributed by atoms with Crippen molar-refractivity contribution in [3.63, 3.8) is 0 Å². The van der Waals surface area contributed by atoms with Crippen LogP contribution >= 0.6 is 0 Å². The van der Waals surface area contributed by atoms with Crippen LogP contribution in [0, 0.1) is 0 Å². The monoisotopic (exact) mass is 352 g/mol. The minimum Gasteiger partial charge on any atom is -0.392 e. The average Bonchev–Trinajstić information content (AvgIpc) is 3.05. The van der Waals surface area contributed by atoms with Crippen LogP contribution in [0.1, 0.15) is 13.8 Å². The van der Waals surface area contributed by atoms with Gasteiger partial charge in [0.2, 0.25) is 0 Å². The van der Waals surface area contributed by atoms with Gasteiger partial charge in [-0.1, -0.05) is 30.3 Å². The Morgan fingerprint density at radius 3 is 2.65 bits per heavy atom. The molecule has 2 atom stereocenters. The molecule has 1 aromatic carbocycles. The van der Waals surface area contributed by atoms with Crippen LogP contribution in [0.2, 0.25) is 0 Å². The molecule has 3 aromatic rings. The van der Waals surface area contributed by atoms with Gasteiger partial charge in [-0.3, -0.25) is 4.90 Å². The summed E-state index contributed by atoms with van der Waals surface area (Å²) < 4.78 is 1.82. The lowest BCUT2D eigenvalue weighted by Gasteiger charge is -2.40. The number of hydrogen-bond donors (Lipinski definition) is 1. The summed E-state index contributed by atoms with van der Waals surface area (Å²) in [6, 6.07) is 14.3. The van der Waals surface area contributed by atoms with E-state index in [0.717, 1.165) is 42.5 Å². The lowest BCUT2D eigenvalue weighted by Crippen LogP contribution is -2.53. The fraction of sp³-hybridized carbons (Fsp3) is 0.421. The maximum atomic E-state index is 9.62. The molecule has 2 unspecified atom stereocenters. The van der Waals surface area contributed by atoms with Gasteiger partial charge < -0.3 is 10.0 Å². The number of aromatic nitrogens is 4. The van der Waals surface area contributed by atoms with Crippen LogP contribution in [-0.2, 0) is 0 Å². The zero-order valence-electron chi connectivity index (χ0n) is 15.2. The normalized spacial score (nSPS) is 19.8. The molecule has 136 valence electrons. The molecule has 1 aliphatic heterocycles. The molecule has 0 saturated carbocycles. The average molecular weight is 352 g/mol. The van der Waals surface area contributed by atoms with Crippen LogP contribution < -0.4 is 4.90 Å². The van der Waals surface area contributed by atoms with E-state index in [2.05, 4.69) is 26.9 Å². The summed E-state index contributed by atoms with van der Waals surface area (Å²) in [5.74, 6) is 1.68. The van der Waals surface area contributed by atoms with Crippen LogP contribution in [0.4, 0.5) is 5.82 Å². The summed E-state index contributed by atoms with van der Waals surface area (Å²) in [6.07, 6.45) is -0.298. The van der Waals surface area contributed by atoms with E-state index in [1.165, 1.54) is 0 Å². The summed E-state index contributed by atoms with van der Waals surface area (Å²) in [5, 5.41) is 23.0. The molecule has 1 fully saturated rings. The molecule has 26 heavy (non-hydrogen) atoms. The smallest absolute Gasteiger partial charge is 0.185 e. The van der Waals surface area contributed by atoms with E-state index >= 15 is 0 Å². The van der Waals surface area contributed by atoms with E-state index in [-0.39, 0.29) is 6.10 Å². The Bertz CT molecular complexity index is 878. The van der Waals surface area contributed by atoms with E-state index in [0.29, 0.717) is 12.6 Å². The number of hydrogen-bond acceptors (Lipinski definition) is 6. The van der Waals surface area contributed by atoms with E-state index in [9.17, 15) is 5.11 Å². The fourth-order valence-corrected chi connectivity index (χ4v) is 3.61. The third kappa shape index (κ3) is 3.27. The van der Waals surface area contributed by atoms with Crippen LogP contribution in [0.15, 0.2) is 42.5 Å². The Morgan fingerprint density at radius 1 is 1.12 bits per heavy atom. The van der Waals surface area contributed by atoms with Crippen LogP contribution in [0.3, 0.4) is 0 Å².